The number of hydrogen-bond acceptors (Lipinski definition) is 4. The molecule has 0 aliphatic carbocycles. The van der Waals surface area contributed by atoms with Crippen LogP contribution in [-0.4, -0.2) is 15.0 Å². The zero-order valence-corrected chi connectivity index (χ0v) is 31.6. The maximum Gasteiger partial charge on any atom is 0.164 e. The molecule has 0 saturated carbocycles. The van der Waals surface area contributed by atoms with Gasteiger partial charge in [0.25, 0.3) is 0 Å². The minimum atomic E-state index is 0.659. The zero-order valence-electron chi connectivity index (χ0n) is 30.8. The summed E-state index contributed by atoms with van der Waals surface area (Å²) in [6.07, 6.45) is 0. The van der Waals surface area contributed by atoms with Crippen molar-refractivity contribution >= 4 is 53.1 Å². The van der Waals surface area contributed by atoms with Crippen molar-refractivity contribution in [3.05, 3.63) is 200 Å². The highest BCUT2D eigenvalue weighted by atomic mass is 32.1. The average molecular weight is 744 g/mol. The van der Waals surface area contributed by atoms with E-state index in [4.69, 9.17) is 15.0 Å². The summed E-state index contributed by atoms with van der Waals surface area (Å²) in [5.41, 5.74) is 10.1. The van der Waals surface area contributed by atoms with Gasteiger partial charge in [0.05, 0.1) is 0 Å². The van der Waals surface area contributed by atoms with Crippen LogP contribution in [0.15, 0.2) is 200 Å². The van der Waals surface area contributed by atoms with Crippen molar-refractivity contribution in [1.82, 2.24) is 15.0 Å². The van der Waals surface area contributed by atoms with E-state index in [-0.39, 0.29) is 0 Å². The molecule has 3 nitrogen and oxygen atoms in total. The summed E-state index contributed by atoms with van der Waals surface area (Å²) >= 11 is 1.80. The Morgan fingerprint density at radius 1 is 0.281 bits per heavy atom. The Morgan fingerprint density at radius 3 is 1.56 bits per heavy atom. The Labute approximate surface area is 334 Å². The van der Waals surface area contributed by atoms with Crippen molar-refractivity contribution < 1.29 is 0 Å². The Balaban J connectivity index is 0.987. The second-order valence-corrected chi connectivity index (χ2v) is 15.5. The van der Waals surface area contributed by atoms with Crippen molar-refractivity contribution in [2.45, 2.75) is 0 Å². The molecule has 0 radical (unpaired) electrons. The quantitative estimate of drug-likeness (QED) is 0.159. The molecule has 0 spiro atoms. The second-order valence-electron chi connectivity index (χ2n) is 14.4. The maximum atomic E-state index is 5.10. The van der Waals surface area contributed by atoms with Gasteiger partial charge in [0.15, 0.2) is 17.5 Å². The first-order valence-electron chi connectivity index (χ1n) is 19.2. The van der Waals surface area contributed by atoms with E-state index in [2.05, 4.69) is 164 Å². The standard InChI is InChI=1S/C53H33N3S/c1-3-13-36(14-4-1)51-54-52(37-15-5-2-6-16-37)56-53(55-51)45-23-12-24-49-50(45)47-32-40(29-30-48(47)57-49)39-19-11-18-38(31-39)34-25-27-35(28-26-34)46-33-41-17-7-8-20-42(41)43-21-9-10-22-44(43)46/h1-33H. The molecular formula is C53H33N3S. The fourth-order valence-electron chi connectivity index (χ4n) is 8.14. The van der Waals surface area contributed by atoms with Crippen LogP contribution in [0.2, 0.25) is 0 Å². The van der Waals surface area contributed by atoms with E-state index < -0.39 is 0 Å². The van der Waals surface area contributed by atoms with E-state index in [1.807, 2.05) is 36.4 Å². The predicted molar refractivity (Wildman–Crippen MR) is 240 cm³/mol. The molecule has 11 rings (SSSR count). The fourth-order valence-corrected chi connectivity index (χ4v) is 9.25. The van der Waals surface area contributed by atoms with Crippen LogP contribution in [-0.2, 0) is 0 Å². The van der Waals surface area contributed by atoms with Crippen molar-refractivity contribution in [1.29, 1.82) is 0 Å². The van der Waals surface area contributed by atoms with Crippen molar-refractivity contribution in [2.24, 2.45) is 0 Å². The molecule has 0 atom stereocenters. The third-order valence-corrected chi connectivity index (χ3v) is 12.1. The third kappa shape index (κ3) is 5.95. The van der Waals surface area contributed by atoms with E-state index in [9.17, 15) is 0 Å². The molecule has 0 unspecified atom stereocenters. The zero-order chi connectivity index (χ0) is 37.7. The van der Waals surface area contributed by atoms with E-state index in [0.717, 1.165) is 22.1 Å². The topological polar surface area (TPSA) is 38.7 Å². The van der Waals surface area contributed by atoms with Crippen LogP contribution >= 0.6 is 11.3 Å². The molecule has 0 amide bonds. The minimum Gasteiger partial charge on any atom is -0.208 e. The maximum absolute atomic E-state index is 5.10. The van der Waals surface area contributed by atoms with Gasteiger partial charge in [0.2, 0.25) is 0 Å². The molecule has 266 valence electrons. The molecule has 0 bridgehead atoms. The van der Waals surface area contributed by atoms with Crippen LogP contribution < -0.4 is 0 Å². The van der Waals surface area contributed by atoms with E-state index >= 15 is 0 Å². The Morgan fingerprint density at radius 2 is 0.825 bits per heavy atom. The third-order valence-electron chi connectivity index (χ3n) is 10.9. The van der Waals surface area contributed by atoms with Gasteiger partial charge in [-0.1, -0.05) is 170 Å². The normalized spacial score (nSPS) is 11.5. The molecule has 9 aromatic carbocycles. The highest BCUT2D eigenvalue weighted by Crippen LogP contribution is 2.42. The summed E-state index contributed by atoms with van der Waals surface area (Å²) in [4.78, 5) is 15.1. The predicted octanol–water partition coefficient (Wildman–Crippen LogP) is 14.5. The van der Waals surface area contributed by atoms with Crippen molar-refractivity contribution in [3.8, 4) is 67.5 Å². The van der Waals surface area contributed by atoms with Crippen molar-refractivity contribution in [3.63, 3.8) is 0 Å². The van der Waals surface area contributed by atoms with Gasteiger partial charge < -0.3 is 0 Å². The number of nitrogens with zero attached hydrogens (tertiary/aromatic N) is 3. The number of aromatic nitrogens is 3. The summed E-state index contributed by atoms with van der Waals surface area (Å²) < 4.78 is 2.44. The van der Waals surface area contributed by atoms with Gasteiger partial charge in [0.1, 0.15) is 0 Å². The van der Waals surface area contributed by atoms with Gasteiger partial charge in [-0.25, -0.2) is 15.0 Å². The minimum absolute atomic E-state index is 0.659. The number of rotatable bonds is 6. The fraction of sp³-hybridized carbons (Fsp3) is 0. The Bertz CT molecular complexity index is 3220. The van der Waals surface area contributed by atoms with Gasteiger partial charge >= 0.3 is 0 Å². The van der Waals surface area contributed by atoms with E-state index in [1.165, 1.54) is 69.7 Å². The largest absolute Gasteiger partial charge is 0.208 e. The molecule has 57 heavy (non-hydrogen) atoms. The summed E-state index contributed by atoms with van der Waals surface area (Å²) in [5, 5.41) is 7.46. The summed E-state index contributed by atoms with van der Waals surface area (Å²) in [6.45, 7) is 0. The number of fused-ring (bicyclic) bond motifs is 6. The lowest BCUT2D eigenvalue weighted by molar-refractivity contribution is 1.08. The van der Waals surface area contributed by atoms with E-state index in [1.54, 1.807) is 11.3 Å². The van der Waals surface area contributed by atoms with Crippen LogP contribution in [0.25, 0.3) is 109 Å². The van der Waals surface area contributed by atoms with Crippen molar-refractivity contribution in [2.75, 3.05) is 0 Å². The van der Waals surface area contributed by atoms with Crippen LogP contribution in [0, 0.1) is 0 Å². The summed E-state index contributed by atoms with van der Waals surface area (Å²) in [6, 6.07) is 71.2. The highest BCUT2D eigenvalue weighted by Gasteiger charge is 2.18. The van der Waals surface area contributed by atoms with Crippen LogP contribution in [0.1, 0.15) is 0 Å². The number of benzene rings is 9. The highest BCUT2D eigenvalue weighted by molar-refractivity contribution is 7.26. The molecule has 2 heterocycles. The summed E-state index contributed by atoms with van der Waals surface area (Å²) in [5.74, 6) is 1.99. The first-order chi connectivity index (χ1) is 28.2. The molecule has 11 aromatic rings. The lowest BCUT2D eigenvalue weighted by atomic mass is 9.92. The molecular weight excluding hydrogens is 711 g/mol. The van der Waals surface area contributed by atoms with Gasteiger partial charge in [-0.2, -0.15) is 0 Å². The first-order valence-corrected chi connectivity index (χ1v) is 20.0. The molecule has 0 fully saturated rings. The summed E-state index contributed by atoms with van der Waals surface area (Å²) in [7, 11) is 0. The molecule has 2 aromatic heterocycles. The second kappa shape index (κ2) is 13.8. The Kier molecular flexibility index (Phi) is 8.01. The number of thiophene rings is 1. The van der Waals surface area contributed by atoms with Crippen LogP contribution in [0.4, 0.5) is 0 Å². The smallest absolute Gasteiger partial charge is 0.164 e. The van der Waals surface area contributed by atoms with Crippen LogP contribution in [0.5, 0.6) is 0 Å². The van der Waals surface area contributed by atoms with Gasteiger partial charge in [-0.15, -0.1) is 11.3 Å². The molecule has 4 heteroatoms. The lowest BCUT2D eigenvalue weighted by Gasteiger charge is -2.12. The van der Waals surface area contributed by atoms with Gasteiger partial charge in [0, 0.05) is 36.9 Å². The number of hydrogen-bond donors (Lipinski definition) is 0. The average Bonchev–Trinajstić information content (AvgIpc) is 3.68. The van der Waals surface area contributed by atoms with E-state index in [0.29, 0.717) is 17.5 Å². The first kappa shape index (κ1) is 33.1. The molecule has 0 N–H and O–H groups in total. The monoisotopic (exact) mass is 743 g/mol. The molecule has 0 aliphatic rings. The lowest BCUT2D eigenvalue weighted by Crippen LogP contribution is -2.00. The SMILES string of the molecule is c1ccc(-c2nc(-c3ccccc3)nc(-c3cccc4sc5ccc(-c6cccc(-c7ccc(-c8cc9ccccc9c9ccccc89)cc7)c6)cc5c34)n2)cc1. The Hall–Kier alpha value is -7.27. The van der Waals surface area contributed by atoms with Gasteiger partial charge in [-0.3, -0.25) is 0 Å². The molecule has 0 aliphatic heterocycles. The molecule has 0 saturated heterocycles. The van der Waals surface area contributed by atoms with Gasteiger partial charge in [-0.05, 0) is 85.3 Å². The van der Waals surface area contributed by atoms with Crippen LogP contribution in [0.3, 0.4) is 0 Å².